The van der Waals surface area contributed by atoms with Crippen molar-refractivity contribution >= 4 is 23.2 Å². The van der Waals surface area contributed by atoms with Gasteiger partial charge in [-0.05, 0) is 43.7 Å². The zero-order valence-electron chi connectivity index (χ0n) is 15.4. The van der Waals surface area contributed by atoms with Crippen LogP contribution in [0.25, 0.3) is 5.69 Å². The molecule has 7 nitrogen and oxygen atoms in total. The minimum Gasteiger partial charge on any atom is -0.497 e. The second-order valence-corrected chi connectivity index (χ2v) is 6.25. The van der Waals surface area contributed by atoms with Crippen molar-refractivity contribution in [1.82, 2.24) is 15.0 Å². The molecule has 1 amide bonds. The molecule has 0 saturated heterocycles. The number of anilines is 1. The van der Waals surface area contributed by atoms with Crippen molar-refractivity contribution in [1.29, 1.82) is 0 Å². The van der Waals surface area contributed by atoms with Crippen molar-refractivity contribution in [3.63, 3.8) is 0 Å². The predicted octanol–water partition coefficient (Wildman–Crippen LogP) is 3.81. The lowest BCUT2D eigenvalue weighted by molar-refractivity contribution is 0.102. The van der Waals surface area contributed by atoms with E-state index in [2.05, 4.69) is 15.6 Å². The first-order valence-corrected chi connectivity index (χ1v) is 8.55. The average Bonchev–Trinajstić information content (AvgIpc) is 3.05. The number of methoxy groups -OCH3 is 2. The normalized spacial score (nSPS) is 10.6. The van der Waals surface area contributed by atoms with Crippen LogP contribution in [-0.2, 0) is 0 Å². The number of nitrogens with one attached hydrogen (secondary N) is 1. The van der Waals surface area contributed by atoms with Crippen LogP contribution in [0.1, 0.15) is 21.7 Å². The first-order valence-electron chi connectivity index (χ1n) is 8.17. The third kappa shape index (κ3) is 3.59. The van der Waals surface area contributed by atoms with Gasteiger partial charge >= 0.3 is 0 Å². The van der Waals surface area contributed by atoms with Gasteiger partial charge in [0.05, 0.1) is 31.3 Å². The lowest BCUT2D eigenvalue weighted by Crippen LogP contribution is -2.15. The SMILES string of the molecule is COc1ccc(OC)c(NC(=O)c2nnn(-c3cccc(Cl)c3C)c2C)c1. The summed E-state index contributed by atoms with van der Waals surface area (Å²) in [4.78, 5) is 12.7. The number of rotatable bonds is 5. The summed E-state index contributed by atoms with van der Waals surface area (Å²) < 4.78 is 12.1. The highest BCUT2D eigenvalue weighted by Gasteiger charge is 2.20. The summed E-state index contributed by atoms with van der Waals surface area (Å²) in [6.45, 7) is 3.66. The van der Waals surface area contributed by atoms with E-state index in [1.165, 1.54) is 7.11 Å². The van der Waals surface area contributed by atoms with E-state index >= 15 is 0 Å². The molecule has 3 rings (SSSR count). The zero-order valence-corrected chi connectivity index (χ0v) is 16.2. The lowest BCUT2D eigenvalue weighted by atomic mass is 10.2. The zero-order chi connectivity index (χ0) is 19.6. The molecule has 2 aromatic carbocycles. The van der Waals surface area contributed by atoms with Crippen molar-refractivity contribution in [3.8, 4) is 17.2 Å². The molecule has 1 aromatic heterocycles. The number of hydrogen-bond acceptors (Lipinski definition) is 5. The fraction of sp³-hybridized carbons (Fsp3) is 0.211. The second-order valence-electron chi connectivity index (χ2n) is 5.84. The first-order chi connectivity index (χ1) is 13.0. The van der Waals surface area contributed by atoms with Crippen LogP contribution in [0.5, 0.6) is 11.5 Å². The fourth-order valence-electron chi connectivity index (χ4n) is 2.69. The van der Waals surface area contributed by atoms with Crippen molar-refractivity contribution < 1.29 is 14.3 Å². The van der Waals surface area contributed by atoms with E-state index in [1.54, 1.807) is 43.0 Å². The monoisotopic (exact) mass is 386 g/mol. The number of benzene rings is 2. The van der Waals surface area contributed by atoms with E-state index in [4.69, 9.17) is 21.1 Å². The molecule has 140 valence electrons. The number of carbonyl (C=O) groups excluding carboxylic acids is 1. The second kappa shape index (κ2) is 7.67. The molecule has 0 unspecified atom stereocenters. The number of hydrogen-bond donors (Lipinski definition) is 1. The lowest BCUT2D eigenvalue weighted by Gasteiger charge is -2.11. The maximum absolute atomic E-state index is 12.7. The van der Waals surface area contributed by atoms with Gasteiger partial charge in [0.2, 0.25) is 0 Å². The Morgan fingerprint density at radius 3 is 2.63 bits per heavy atom. The van der Waals surface area contributed by atoms with Crippen molar-refractivity contribution in [2.75, 3.05) is 19.5 Å². The number of ether oxygens (including phenoxy) is 2. The number of nitrogens with zero attached hydrogens (tertiary/aromatic N) is 3. The van der Waals surface area contributed by atoms with Gasteiger partial charge in [-0.2, -0.15) is 0 Å². The molecule has 0 atom stereocenters. The largest absolute Gasteiger partial charge is 0.497 e. The maximum Gasteiger partial charge on any atom is 0.278 e. The van der Waals surface area contributed by atoms with Gasteiger partial charge in [0.1, 0.15) is 11.5 Å². The number of amides is 1. The minimum absolute atomic E-state index is 0.208. The topological polar surface area (TPSA) is 78.3 Å². The highest BCUT2D eigenvalue weighted by molar-refractivity contribution is 6.31. The molecule has 3 aromatic rings. The van der Waals surface area contributed by atoms with E-state index in [0.717, 1.165) is 11.3 Å². The highest BCUT2D eigenvalue weighted by atomic mass is 35.5. The summed E-state index contributed by atoms with van der Waals surface area (Å²) in [7, 11) is 3.08. The summed E-state index contributed by atoms with van der Waals surface area (Å²) in [5, 5.41) is 11.6. The summed E-state index contributed by atoms with van der Waals surface area (Å²) >= 11 is 6.19. The molecule has 0 aliphatic heterocycles. The van der Waals surface area contributed by atoms with E-state index in [0.29, 0.717) is 27.9 Å². The van der Waals surface area contributed by atoms with Gasteiger partial charge < -0.3 is 14.8 Å². The summed E-state index contributed by atoms with van der Waals surface area (Å²) in [6, 6.07) is 10.6. The maximum atomic E-state index is 12.7. The summed E-state index contributed by atoms with van der Waals surface area (Å²) in [5.74, 6) is 0.714. The van der Waals surface area contributed by atoms with Crippen LogP contribution in [0.4, 0.5) is 5.69 Å². The average molecular weight is 387 g/mol. The molecule has 0 saturated carbocycles. The predicted molar refractivity (Wildman–Crippen MR) is 103 cm³/mol. The molecule has 0 fully saturated rings. The van der Waals surface area contributed by atoms with Crippen molar-refractivity contribution in [2.24, 2.45) is 0 Å². The quantitative estimate of drug-likeness (QED) is 0.721. The number of carbonyl (C=O) groups is 1. The van der Waals surface area contributed by atoms with Crippen LogP contribution in [0, 0.1) is 13.8 Å². The van der Waals surface area contributed by atoms with Crippen LogP contribution in [-0.4, -0.2) is 35.1 Å². The van der Waals surface area contributed by atoms with E-state index in [1.807, 2.05) is 19.1 Å². The molecule has 0 bridgehead atoms. The van der Waals surface area contributed by atoms with Crippen LogP contribution < -0.4 is 14.8 Å². The Bertz CT molecular complexity index is 1000. The summed E-state index contributed by atoms with van der Waals surface area (Å²) in [6.07, 6.45) is 0. The Hall–Kier alpha value is -3.06. The van der Waals surface area contributed by atoms with Crippen molar-refractivity contribution in [3.05, 3.63) is 58.4 Å². The van der Waals surface area contributed by atoms with Gasteiger partial charge in [0, 0.05) is 11.1 Å². The van der Waals surface area contributed by atoms with Crippen LogP contribution >= 0.6 is 11.6 Å². The Balaban J connectivity index is 1.93. The molecule has 8 heteroatoms. The highest BCUT2D eigenvalue weighted by Crippen LogP contribution is 2.29. The molecule has 1 heterocycles. The van der Waals surface area contributed by atoms with Gasteiger partial charge in [0.15, 0.2) is 5.69 Å². The third-order valence-corrected chi connectivity index (χ3v) is 4.64. The molecule has 0 aliphatic rings. The van der Waals surface area contributed by atoms with Gasteiger partial charge in [-0.1, -0.05) is 22.9 Å². The molecule has 1 N–H and O–H groups in total. The Morgan fingerprint density at radius 2 is 1.93 bits per heavy atom. The van der Waals surface area contributed by atoms with Crippen molar-refractivity contribution in [2.45, 2.75) is 13.8 Å². The number of aromatic nitrogens is 3. The molecule has 27 heavy (non-hydrogen) atoms. The van der Waals surface area contributed by atoms with Gasteiger partial charge in [-0.15, -0.1) is 5.10 Å². The van der Waals surface area contributed by atoms with E-state index < -0.39 is 5.91 Å². The molecule has 0 radical (unpaired) electrons. The standard InChI is InChI=1S/C19H19ClN4O3/c1-11-14(20)6-5-7-16(11)24-12(2)18(22-23-24)19(25)21-15-10-13(26-3)8-9-17(15)27-4/h5-10H,1-4H3,(H,21,25). The van der Waals surface area contributed by atoms with Crippen LogP contribution in [0.3, 0.4) is 0 Å². The van der Waals surface area contributed by atoms with E-state index in [-0.39, 0.29) is 5.69 Å². The molecule has 0 spiro atoms. The van der Waals surface area contributed by atoms with Crippen LogP contribution in [0.15, 0.2) is 36.4 Å². The third-order valence-electron chi connectivity index (χ3n) is 4.23. The summed E-state index contributed by atoms with van der Waals surface area (Å²) in [5.41, 5.74) is 2.91. The molecular formula is C19H19ClN4O3. The fourth-order valence-corrected chi connectivity index (χ4v) is 2.86. The molecule has 0 aliphatic carbocycles. The Morgan fingerprint density at radius 1 is 1.15 bits per heavy atom. The van der Waals surface area contributed by atoms with E-state index in [9.17, 15) is 4.79 Å². The minimum atomic E-state index is -0.398. The smallest absolute Gasteiger partial charge is 0.278 e. The van der Waals surface area contributed by atoms with Crippen LogP contribution in [0.2, 0.25) is 5.02 Å². The number of halogens is 1. The van der Waals surface area contributed by atoms with Gasteiger partial charge in [-0.25, -0.2) is 4.68 Å². The molecular weight excluding hydrogens is 368 g/mol. The van der Waals surface area contributed by atoms with Gasteiger partial charge in [-0.3, -0.25) is 4.79 Å². The first kappa shape index (κ1) is 18.7. The Labute approximate surface area is 161 Å². The van der Waals surface area contributed by atoms with Gasteiger partial charge in [0.25, 0.3) is 5.91 Å². The Kier molecular flexibility index (Phi) is 5.32.